The van der Waals surface area contributed by atoms with Crippen LogP contribution in [0.2, 0.25) is 10.0 Å². The lowest BCUT2D eigenvalue weighted by molar-refractivity contribution is 0.111. The van der Waals surface area contributed by atoms with Crippen molar-refractivity contribution in [2.24, 2.45) is 0 Å². The molecule has 1 unspecified atom stereocenters. The van der Waals surface area contributed by atoms with E-state index in [1.807, 2.05) is 23.1 Å². The SMILES string of the molecule is COc1nc(-c2cccc(-c3ccnc(-c4ccc5c(c4)S(=O)(=O)CCN(CC(C)O)C5)c3Cl)c2Cl)ccc1C=O. The molecule has 0 spiro atoms. The summed E-state index contributed by atoms with van der Waals surface area (Å²) in [6, 6.07) is 15.7. The number of aliphatic hydroxyl groups is 1. The number of aliphatic hydroxyl groups excluding tert-OH is 1. The van der Waals surface area contributed by atoms with Gasteiger partial charge in [0, 0.05) is 48.1 Å². The van der Waals surface area contributed by atoms with Crippen LogP contribution in [0.1, 0.15) is 22.8 Å². The van der Waals surface area contributed by atoms with E-state index < -0.39 is 15.9 Å². The van der Waals surface area contributed by atoms with E-state index in [0.29, 0.717) is 80.7 Å². The molecule has 0 saturated carbocycles. The van der Waals surface area contributed by atoms with Crippen molar-refractivity contribution in [1.29, 1.82) is 0 Å². The largest absolute Gasteiger partial charge is 0.480 e. The summed E-state index contributed by atoms with van der Waals surface area (Å²) in [5.74, 6) is 0.141. The Labute approximate surface area is 248 Å². The molecule has 1 aliphatic rings. The molecule has 2 aromatic carbocycles. The number of methoxy groups -OCH3 is 1. The molecule has 3 heterocycles. The van der Waals surface area contributed by atoms with Gasteiger partial charge in [0.05, 0.1) is 50.9 Å². The fourth-order valence-corrected chi connectivity index (χ4v) is 7.18. The number of carbonyl (C=O) groups excluding carboxylic acids is 1. The minimum Gasteiger partial charge on any atom is -0.480 e. The summed E-state index contributed by atoms with van der Waals surface area (Å²) >= 11 is 13.8. The molecule has 0 amide bonds. The van der Waals surface area contributed by atoms with Gasteiger partial charge in [-0.2, -0.15) is 0 Å². The molecule has 41 heavy (non-hydrogen) atoms. The Morgan fingerprint density at radius 3 is 2.56 bits per heavy atom. The molecule has 0 bridgehead atoms. The summed E-state index contributed by atoms with van der Waals surface area (Å²) in [6.45, 7) is 2.81. The van der Waals surface area contributed by atoms with Crippen molar-refractivity contribution in [3.8, 4) is 39.5 Å². The van der Waals surface area contributed by atoms with Gasteiger partial charge in [0.1, 0.15) is 0 Å². The highest BCUT2D eigenvalue weighted by Crippen LogP contribution is 2.42. The quantitative estimate of drug-likeness (QED) is 0.270. The molecule has 212 valence electrons. The van der Waals surface area contributed by atoms with Gasteiger partial charge in [-0.15, -0.1) is 0 Å². The van der Waals surface area contributed by atoms with E-state index in [2.05, 4.69) is 9.97 Å². The fourth-order valence-electron chi connectivity index (χ4n) is 4.98. The first-order valence-corrected chi connectivity index (χ1v) is 15.2. The summed E-state index contributed by atoms with van der Waals surface area (Å²) in [6.07, 6.45) is 1.71. The van der Waals surface area contributed by atoms with Crippen LogP contribution >= 0.6 is 23.2 Å². The average Bonchev–Trinajstić information content (AvgIpc) is 3.08. The van der Waals surface area contributed by atoms with Crippen LogP contribution in [0.5, 0.6) is 5.88 Å². The highest BCUT2D eigenvalue weighted by Gasteiger charge is 2.27. The van der Waals surface area contributed by atoms with Gasteiger partial charge < -0.3 is 9.84 Å². The first-order chi connectivity index (χ1) is 19.6. The molecule has 5 rings (SSSR count). The summed E-state index contributed by atoms with van der Waals surface area (Å²) in [5, 5.41) is 10.5. The average molecular weight is 613 g/mol. The molecule has 4 aromatic rings. The van der Waals surface area contributed by atoms with Gasteiger partial charge in [0.25, 0.3) is 0 Å². The van der Waals surface area contributed by atoms with E-state index in [-0.39, 0.29) is 16.5 Å². The zero-order chi connectivity index (χ0) is 29.3. The molecule has 0 radical (unpaired) electrons. The number of aldehydes is 1. The van der Waals surface area contributed by atoms with Gasteiger partial charge in [-0.25, -0.2) is 13.4 Å². The third kappa shape index (κ3) is 5.86. The van der Waals surface area contributed by atoms with Crippen LogP contribution in [-0.2, 0) is 16.4 Å². The minimum absolute atomic E-state index is 0.0492. The van der Waals surface area contributed by atoms with Gasteiger partial charge in [-0.3, -0.25) is 14.7 Å². The molecule has 0 saturated heterocycles. The molecule has 8 nitrogen and oxygen atoms in total. The Bertz CT molecular complexity index is 1740. The monoisotopic (exact) mass is 611 g/mol. The van der Waals surface area contributed by atoms with E-state index in [1.165, 1.54) is 7.11 Å². The summed E-state index contributed by atoms with van der Waals surface area (Å²) < 4.78 is 31.6. The molecular weight excluding hydrogens is 585 g/mol. The zero-order valence-corrected chi connectivity index (χ0v) is 24.7. The molecule has 1 N–H and O–H groups in total. The Morgan fingerprint density at radius 1 is 1.07 bits per heavy atom. The Kier molecular flexibility index (Phi) is 8.45. The van der Waals surface area contributed by atoms with Gasteiger partial charge in [-0.05, 0) is 36.8 Å². The number of ether oxygens (including phenoxy) is 1. The highest BCUT2D eigenvalue weighted by atomic mass is 35.5. The topological polar surface area (TPSA) is 110 Å². The third-order valence-corrected chi connectivity index (χ3v) is 9.49. The van der Waals surface area contributed by atoms with Crippen molar-refractivity contribution >= 4 is 39.3 Å². The number of sulfone groups is 1. The van der Waals surface area contributed by atoms with E-state index in [0.717, 1.165) is 0 Å². The molecule has 1 atom stereocenters. The number of hydrogen-bond acceptors (Lipinski definition) is 8. The number of nitrogens with zero attached hydrogens (tertiary/aromatic N) is 3. The molecular formula is C30H27Cl2N3O5S. The number of fused-ring (bicyclic) bond motifs is 1. The summed E-state index contributed by atoms with van der Waals surface area (Å²) in [7, 11) is -2.12. The van der Waals surface area contributed by atoms with Crippen LogP contribution in [0.25, 0.3) is 33.6 Å². The van der Waals surface area contributed by atoms with E-state index in [1.54, 1.807) is 49.5 Å². The predicted molar refractivity (Wildman–Crippen MR) is 159 cm³/mol. The van der Waals surface area contributed by atoms with Crippen molar-refractivity contribution < 1.29 is 23.1 Å². The number of β-amino-alcohol motifs (C(OH)–C–C–N with tert-alkyl or cyclic N) is 1. The standard InChI is InChI=1S/C30H27Cl2N3O5S/c1-18(37)15-35-12-13-41(38,39)26-14-19(6-7-20(26)16-35)29-28(32)23(10-11-33-29)22-4-3-5-24(27(22)31)25-9-8-21(17-36)30(34-25)40-2/h3-11,14,17-18,37H,12-13,15-16H2,1-2H3. The normalized spacial score (nSPS) is 15.5. The maximum absolute atomic E-state index is 13.2. The van der Waals surface area contributed by atoms with Crippen LogP contribution in [0.3, 0.4) is 0 Å². The van der Waals surface area contributed by atoms with Crippen LogP contribution < -0.4 is 4.74 Å². The van der Waals surface area contributed by atoms with Crippen LogP contribution in [0.15, 0.2) is 65.7 Å². The van der Waals surface area contributed by atoms with E-state index in [4.69, 9.17) is 27.9 Å². The zero-order valence-electron chi connectivity index (χ0n) is 22.3. The molecule has 11 heteroatoms. The maximum atomic E-state index is 13.2. The van der Waals surface area contributed by atoms with E-state index >= 15 is 0 Å². The van der Waals surface area contributed by atoms with Crippen molar-refractivity contribution in [3.63, 3.8) is 0 Å². The van der Waals surface area contributed by atoms with E-state index in [9.17, 15) is 18.3 Å². The molecule has 1 aliphatic heterocycles. The lowest BCUT2D eigenvalue weighted by atomic mass is 9.99. The van der Waals surface area contributed by atoms with Crippen LogP contribution in [0, 0.1) is 0 Å². The lowest BCUT2D eigenvalue weighted by Crippen LogP contribution is -2.32. The van der Waals surface area contributed by atoms with Crippen LogP contribution in [-0.4, -0.2) is 66.7 Å². The second-order valence-electron chi connectivity index (χ2n) is 9.83. The number of benzene rings is 2. The second-order valence-corrected chi connectivity index (χ2v) is 12.7. The van der Waals surface area contributed by atoms with Crippen molar-refractivity contribution in [2.45, 2.75) is 24.5 Å². The minimum atomic E-state index is -3.56. The Hall–Kier alpha value is -3.34. The number of halogens is 2. The van der Waals surface area contributed by atoms with Gasteiger partial charge in [-0.1, -0.05) is 53.5 Å². The predicted octanol–water partition coefficient (Wildman–Crippen LogP) is 5.58. The molecule has 0 aliphatic carbocycles. The summed E-state index contributed by atoms with van der Waals surface area (Å²) in [5.41, 5.74) is 4.35. The maximum Gasteiger partial charge on any atom is 0.224 e. The first kappa shape index (κ1) is 29.2. The van der Waals surface area contributed by atoms with Gasteiger partial charge in [0.15, 0.2) is 16.1 Å². The Morgan fingerprint density at radius 2 is 1.83 bits per heavy atom. The number of rotatable bonds is 7. The molecule has 2 aromatic heterocycles. The number of aromatic nitrogens is 2. The Balaban J connectivity index is 1.57. The van der Waals surface area contributed by atoms with Crippen molar-refractivity contribution in [1.82, 2.24) is 14.9 Å². The number of pyridine rings is 2. The molecule has 0 fully saturated rings. The summed E-state index contributed by atoms with van der Waals surface area (Å²) in [4.78, 5) is 22.4. The van der Waals surface area contributed by atoms with Crippen LogP contribution in [0.4, 0.5) is 0 Å². The van der Waals surface area contributed by atoms with Gasteiger partial charge >= 0.3 is 0 Å². The highest BCUT2D eigenvalue weighted by molar-refractivity contribution is 7.91. The van der Waals surface area contributed by atoms with Crippen molar-refractivity contribution in [2.75, 3.05) is 26.0 Å². The number of hydrogen-bond donors (Lipinski definition) is 1. The fraction of sp³-hybridized carbons (Fsp3) is 0.233. The smallest absolute Gasteiger partial charge is 0.224 e. The second kappa shape index (κ2) is 11.9. The number of carbonyl (C=O) groups is 1. The van der Waals surface area contributed by atoms with Gasteiger partial charge in [0.2, 0.25) is 5.88 Å². The first-order valence-electron chi connectivity index (χ1n) is 12.8. The van der Waals surface area contributed by atoms with Crippen molar-refractivity contribution in [3.05, 3.63) is 82.0 Å². The lowest BCUT2D eigenvalue weighted by Gasteiger charge is -2.21. The third-order valence-electron chi connectivity index (χ3n) is 6.93.